The molecule has 3 heterocycles. The number of nitrogens with one attached hydrogen (secondary N) is 1. The predicted molar refractivity (Wildman–Crippen MR) is 89.5 cm³/mol. The molecule has 0 bridgehead atoms. The smallest absolute Gasteiger partial charge is 0.241 e. The molecule has 0 aliphatic carbocycles. The average Bonchev–Trinajstić information content (AvgIpc) is 3.13. The molecule has 3 saturated heterocycles. The second kappa shape index (κ2) is 7.07. The molecule has 1 unspecified atom stereocenters. The maximum Gasteiger partial charge on any atom is 0.241 e. The third-order valence-corrected chi connectivity index (χ3v) is 7.71. The molecule has 7 heteroatoms. The number of carbonyl (C=O) groups excluding carboxylic acids is 1. The van der Waals surface area contributed by atoms with Gasteiger partial charge in [0.1, 0.15) is 6.04 Å². The van der Waals surface area contributed by atoms with E-state index in [0.29, 0.717) is 31.2 Å². The molecule has 0 aromatic carbocycles. The van der Waals surface area contributed by atoms with E-state index < -0.39 is 16.1 Å². The number of rotatable bonds is 4. The zero-order valence-corrected chi connectivity index (χ0v) is 14.9. The van der Waals surface area contributed by atoms with E-state index in [4.69, 9.17) is 0 Å². The van der Waals surface area contributed by atoms with Crippen LogP contribution in [0.3, 0.4) is 0 Å². The van der Waals surface area contributed by atoms with Crippen LogP contribution in [-0.4, -0.2) is 68.0 Å². The summed E-state index contributed by atoms with van der Waals surface area (Å²) >= 11 is 0. The normalized spacial score (nSPS) is 32.7. The molecule has 3 rings (SSSR count). The lowest BCUT2D eigenvalue weighted by Crippen LogP contribution is -2.48. The summed E-state index contributed by atoms with van der Waals surface area (Å²) in [5, 5.41) is 3.44. The molecule has 1 amide bonds. The molecular formula is C16H29N3O3S. The van der Waals surface area contributed by atoms with Crippen molar-refractivity contribution in [3.63, 3.8) is 0 Å². The minimum Gasteiger partial charge on any atom is -0.341 e. The van der Waals surface area contributed by atoms with Crippen LogP contribution in [0.25, 0.3) is 0 Å². The molecule has 0 aromatic heterocycles. The van der Waals surface area contributed by atoms with E-state index in [2.05, 4.69) is 5.32 Å². The standard InChI is InChI=1S/C16H29N3O3S/c1-2-10-23(21,22)19-7-3-4-15(19)16(20)18-8-5-13-11-17-12-14(13)6-9-18/h13-15,17H,2-12H2,1H3/t13-,14+,15?. The first kappa shape index (κ1) is 17.2. The fourth-order valence-electron chi connectivity index (χ4n) is 4.34. The largest absolute Gasteiger partial charge is 0.341 e. The van der Waals surface area contributed by atoms with Gasteiger partial charge in [0.2, 0.25) is 15.9 Å². The molecule has 3 fully saturated rings. The van der Waals surface area contributed by atoms with Crippen molar-refractivity contribution in [2.75, 3.05) is 38.5 Å². The lowest BCUT2D eigenvalue weighted by molar-refractivity contribution is -0.134. The van der Waals surface area contributed by atoms with Gasteiger partial charge >= 0.3 is 0 Å². The Morgan fingerprint density at radius 2 is 1.74 bits per heavy atom. The van der Waals surface area contributed by atoms with Gasteiger partial charge in [-0.15, -0.1) is 0 Å². The number of nitrogens with zero attached hydrogens (tertiary/aromatic N) is 2. The van der Waals surface area contributed by atoms with Crippen LogP contribution in [0.15, 0.2) is 0 Å². The van der Waals surface area contributed by atoms with E-state index in [0.717, 1.165) is 45.4 Å². The van der Waals surface area contributed by atoms with Gasteiger partial charge in [-0.2, -0.15) is 4.31 Å². The summed E-state index contributed by atoms with van der Waals surface area (Å²) in [7, 11) is -3.29. The molecule has 0 saturated carbocycles. The predicted octanol–water partition coefficient (Wildman–Crippen LogP) is 0.649. The summed E-state index contributed by atoms with van der Waals surface area (Å²) in [5.74, 6) is 1.54. The van der Waals surface area contributed by atoms with Gasteiger partial charge in [-0.25, -0.2) is 8.42 Å². The molecule has 0 spiro atoms. The summed E-state index contributed by atoms with van der Waals surface area (Å²) in [5.41, 5.74) is 0. The van der Waals surface area contributed by atoms with E-state index in [-0.39, 0.29) is 11.7 Å². The minimum absolute atomic E-state index is 0.0371. The third kappa shape index (κ3) is 3.56. The maximum atomic E-state index is 12.9. The fraction of sp³-hybridized carbons (Fsp3) is 0.938. The number of carbonyl (C=O) groups is 1. The van der Waals surface area contributed by atoms with Gasteiger partial charge < -0.3 is 10.2 Å². The molecule has 3 atom stereocenters. The van der Waals surface area contributed by atoms with Gasteiger partial charge in [0.25, 0.3) is 0 Å². The molecule has 0 radical (unpaired) electrons. The highest BCUT2D eigenvalue weighted by Crippen LogP contribution is 2.29. The van der Waals surface area contributed by atoms with Crippen molar-refractivity contribution in [3.05, 3.63) is 0 Å². The van der Waals surface area contributed by atoms with E-state index in [1.807, 2.05) is 11.8 Å². The molecule has 3 aliphatic heterocycles. The summed E-state index contributed by atoms with van der Waals surface area (Å²) in [6, 6.07) is -0.456. The Morgan fingerprint density at radius 3 is 2.35 bits per heavy atom. The highest BCUT2D eigenvalue weighted by molar-refractivity contribution is 7.89. The van der Waals surface area contributed by atoms with Crippen molar-refractivity contribution in [2.24, 2.45) is 11.8 Å². The Kier molecular flexibility index (Phi) is 5.28. The summed E-state index contributed by atoms with van der Waals surface area (Å²) < 4.78 is 26.3. The van der Waals surface area contributed by atoms with E-state index in [1.54, 1.807) is 0 Å². The molecule has 132 valence electrons. The number of sulfonamides is 1. The van der Waals surface area contributed by atoms with Gasteiger partial charge in [-0.3, -0.25) is 4.79 Å². The molecule has 0 aromatic rings. The highest BCUT2D eigenvalue weighted by atomic mass is 32.2. The van der Waals surface area contributed by atoms with Crippen LogP contribution in [0.4, 0.5) is 0 Å². The summed E-state index contributed by atoms with van der Waals surface area (Å²) in [6.45, 7) is 6.05. The number of hydrogen-bond donors (Lipinski definition) is 1. The first-order valence-corrected chi connectivity index (χ1v) is 10.6. The zero-order valence-electron chi connectivity index (χ0n) is 14.0. The summed E-state index contributed by atoms with van der Waals surface area (Å²) in [4.78, 5) is 14.9. The molecule has 3 aliphatic rings. The lowest BCUT2D eigenvalue weighted by Gasteiger charge is -2.29. The first-order valence-electron chi connectivity index (χ1n) is 9.02. The average molecular weight is 343 g/mol. The minimum atomic E-state index is -3.29. The maximum absolute atomic E-state index is 12.9. The molecule has 23 heavy (non-hydrogen) atoms. The van der Waals surface area contributed by atoms with Gasteiger partial charge in [0.15, 0.2) is 0 Å². The van der Waals surface area contributed by atoms with E-state index in [1.165, 1.54) is 4.31 Å². The Hall–Kier alpha value is -0.660. The Labute approximate surface area is 139 Å². The van der Waals surface area contributed by atoms with Gasteiger partial charge in [0.05, 0.1) is 5.75 Å². The van der Waals surface area contributed by atoms with Crippen LogP contribution in [0.1, 0.15) is 39.0 Å². The second-order valence-electron chi connectivity index (χ2n) is 7.17. The quantitative estimate of drug-likeness (QED) is 0.814. The number of likely N-dealkylation sites (tertiary alicyclic amines) is 1. The first-order chi connectivity index (χ1) is 11.0. The number of amides is 1. The van der Waals surface area contributed by atoms with Crippen LogP contribution in [0.5, 0.6) is 0 Å². The van der Waals surface area contributed by atoms with Crippen molar-refractivity contribution in [3.8, 4) is 0 Å². The van der Waals surface area contributed by atoms with Crippen molar-refractivity contribution in [2.45, 2.75) is 45.1 Å². The van der Waals surface area contributed by atoms with Gasteiger partial charge in [-0.05, 0) is 57.0 Å². The SMILES string of the molecule is CCCS(=O)(=O)N1CCCC1C(=O)N1CC[C@@H]2CNC[C@@H]2CC1. The van der Waals surface area contributed by atoms with Crippen LogP contribution >= 0.6 is 0 Å². The lowest BCUT2D eigenvalue weighted by atomic mass is 9.92. The van der Waals surface area contributed by atoms with Crippen molar-refractivity contribution >= 4 is 15.9 Å². The second-order valence-corrected chi connectivity index (χ2v) is 9.21. The van der Waals surface area contributed by atoms with Crippen molar-refractivity contribution < 1.29 is 13.2 Å². The molecule has 6 nitrogen and oxygen atoms in total. The third-order valence-electron chi connectivity index (χ3n) is 5.64. The Morgan fingerprint density at radius 1 is 1.09 bits per heavy atom. The van der Waals surface area contributed by atoms with Crippen LogP contribution in [0, 0.1) is 11.8 Å². The summed E-state index contributed by atoms with van der Waals surface area (Å²) in [6.07, 6.45) is 4.14. The van der Waals surface area contributed by atoms with Crippen LogP contribution in [-0.2, 0) is 14.8 Å². The molecular weight excluding hydrogens is 314 g/mol. The number of hydrogen-bond acceptors (Lipinski definition) is 4. The zero-order chi connectivity index (χ0) is 16.4. The molecule has 1 N–H and O–H groups in total. The topological polar surface area (TPSA) is 69.7 Å². The monoisotopic (exact) mass is 343 g/mol. The number of fused-ring (bicyclic) bond motifs is 1. The van der Waals surface area contributed by atoms with Crippen LogP contribution < -0.4 is 5.32 Å². The van der Waals surface area contributed by atoms with E-state index >= 15 is 0 Å². The Balaban J connectivity index is 1.67. The van der Waals surface area contributed by atoms with Crippen molar-refractivity contribution in [1.82, 2.24) is 14.5 Å². The van der Waals surface area contributed by atoms with Gasteiger partial charge in [0, 0.05) is 19.6 Å². The highest BCUT2D eigenvalue weighted by Gasteiger charge is 2.41. The Bertz CT molecular complexity index is 523. The van der Waals surface area contributed by atoms with Gasteiger partial charge in [-0.1, -0.05) is 6.92 Å². The van der Waals surface area contributed by atoms with E-state index in [9.17, 15) is 13.2 Å². The van der Waals surface area contributed by atoms with Crippen LogP contribution in [0.2, 0.25) is 0 Å². The fourth-order valence-corrected chi connectivity index (χ4v) is 6.09. The van der Waals surface area contributed by atoms with Crippen molar-refractivity contribution in [1.29, 1.82) is 0 Å².